The molecule has 0 atom stereocenters. The predicted octanol–water partition coefficient (Wildman–Crippen LogP) is 4.64. The summed E-state index contributed by atoms with van der Waals surface area (Å²) in [7, 11) is 0. The third kappa shape index (κ3) is 3.18. The molecule has 0 aliphatic heterocycles. The molecule has 1 aromatic carbocycles. The van der Waals surface area contributed by atoms with E-state index >= 15 is 0 Å². The van der Waals surface area contributed by atoms with Crippen LogP contribution >= 0.6 is 39.1 Å². The second kappa shape index (κ2) is 5.77. The van der Waals surface area contributed by atoms with Crippen molar-refractivity contribution in [2.45, 2.75) is 0 Å². The van der Waals surface area contributed by atoms with Crippen LogP contribution in [-0.4, -0.2) is 16.1 Å². The van der Waals surface area contributed by atoms with Crippen molar-refractivity contribution in [3.05, 3.63) is 50.7 Å². The van der Waals surface area contributed by atoms with E-state index in [-0.39, 0.29) is 17.2 Å². The van der Waals surface area contributed by atoms with Crippen molar-refractivity contribution >= 4 is 45.1 Å². The van der Waals surface area contributed by atoms with Gasteiger partial charge in [0.25, 0.3) is 0 Å². The van der Waals surface area contributed by atoms with Gasteiger partial charge in [0.05, 0.1) is 10.0 Å². The fourth-order valence-corrected chi connectivity index (χ4v) is 2.17. The third-order valence-electron chi connectivity index (χ3n) is 2.17. The number of ether oxygens (including phenoxy) is 1. The van der Waals surface area contributed by atoms with Crippen LogP contribution in [0.2, 0.25) is 10.0 Å². The first-order chi connectivity index (χ1) is 8.99. The standard InChI is InChI=1S/C12H6BrCl2NO3/c13-6-4-8(15)10(5-7(6)14)19-9-2-1-3-16-11(9)12(17)18/h1-5H,(H,17,18). The summed E-state index contributed by atoms with van der Waals surface area (Å²) in [6, 6.07) is 6.11. The number of hydrogen-bond donors (Lipinski definition) is 1. The predicted molar refractivity (Wildman–Crippen MR) is 75.4 cm³/mol. The van der Waals surface area contributed by atoms with E-state index in [0.29, 0.717) is 14.5 Å². The van der Waals surface area contributed by atoms with Crippen molar-refractivity contribution in [1.82, 2.24) is 4.98 Å². The van der Waals surface area contributed by atoms with E-state index in [1.165, 1.54) is 18.3 Å². The molecule has 1 aromatic heterocycles. The fraction of sp³-hybridized carbons (Fsp3) is 0. The van der Waals surface area contributed by atoms with Gasteiger partial charge in [0.15, 0.2) is 11.4 Å². The van der Waals surface area contributed by atoms with Gasteiger partial charge in [-0.05, 0) is 34.1 Å². The minimum atomic E-state index is -1.19. The molecule has 19 heavy (non-hydrogen) atoms. The van der Waals surface area contributed by atoms with E-state index in [0.717, 1.165) is 0 Å². The van der Waals surface area contributed by atoms with Crippen LogP contribution in [0.5, 0.6) is 11.5 Å². The average Bonchev–Trinajstić information content (AvgIpc) is 2.36. The van der Waals surface area contributed by atoms with Gasteiger partial charge in [0, 0.05) is 16.7 Å². The molecule has 1 N–H and O–H groups in total. The molecular formula is C12H6BrCl2NO3. The van der Waals surface area contributed by atoms with Gasteiger partial charge in [0.2, 0.25) is 0 Å². The van der Waals surface area contributed by atoms with E-state index in [2.05, 4.69) is 20.9 Å². The monoisotopic (exact) mass is 361 g/mol. The number of nitrogens with zero attached hydrogens (tertiary/aromatic N) is 1. The smallest absolute Gasteiger partial charge is 0.358 e. The highest BCUT2D eigenvalue weighted by Gasteiger charge is 2.15. The summed E-state index contributed by atoms with van der Waals surface area (Å²) >= 11 is 15.2. The molecule has 0 radical (unpaired) electrons. The van der Waals surface area contributed by atoms with Crippen LogP contribution in [0.3, 0.4) is 0 Å². The lowest BCUT2D eigenvalue weighted by molar-refractivity contribution is 0.0687. The normalized spacial score (nSPS) is 10.3. The van der Waals surface area contributed by atoms with E-state index in [9.17, 15) is 4.79 Å². The topological polar surface area (TPSA) is 59.4 Å². The summed E-state index contributed by atoms with van der Waals surface area (Å²) in [4.78, 5) is 14.7. The first-order valence-electron chi connectivity index (χ1n) is 4.99. The van der Waals surface area contributed by atoms with Gasteiger partial charge >= 0.3 is 5.97 Å². The first-order valence-corrected chi connectivity index (χ1v) is 6.54. The highest BCUT2D eigenvalue weighted by Crippen LogP contribution is 2.37. The van der Waals surface area contributed by atoms with Crippen LogP contribution in [0.25, 0.3) is 0 Å². The van der Waals surface area contributed by atoms with Crippen molar-refractivity contribution in [2.75, 3.05) is 0 Å². The second-order valence-electron chi connectivity index (χ2n) is 3.45. The molecule has 0 amide bonds. The molecule has 0 unspecified atom stereocenters. The molecule has 2 aromatic rings. The molecule has 0 spiro atoms. The van der Waals surface area contributed by atoms with Crippen molar-refractivity contribution in [1.29, 1.82) is 0 Å². The largest absolute Gasteiger partial charge is 0.476 e. The Labute approximate surface area is 127 Å². The lowest BCUT2D eigenvalue weighted by Crippen LogP contribution is -2.02. The molecule has 98 valence electrons. The fourth-order valence-electron chi connectivity index (χ4n) is 1.33. The molecule has 1 heterocycles. The first kappa shape index (κ1) is 14.1. The molecule has 0 aliphatic carbocycles. The zero-order valence-electron chi connectivity index (χ0n) is 9.23. The lowest BCUT2D eigenvalue weighted by Gasteiger charge is -2.10. The Morgan fingerprint density at radius 2 is 2.00 bits per heavy atom. The zero-order chi connectivity index (χ0) is 14.0. The highest BCUT2D eigenvalue weighted by atomic mass is 79.9. The van der Waals surface area contributed by atoms with Crippen LogP contribution in [0.15, 0.2) is 34.9 Å². The summed E-state index contributed by atoms with van der Waals surface area (Å²) in [5.41, 5.74) is -0.197. The second-order valence-corrected chi connectivity index (χ2v) is 5.12. The van der Waals surface area contributed by atoms with E-state index in [1.54, 1.807) is 12.1 Å². The SMILES string of the molecule is O=C(O)c1ncccc1Oc1cc(Cl)c(Br)cc1Cl. The minimum absolute atomic E-state index is 0.0929. The van der Waals surface area contributed by atoms with Gasteiger partial charge in [-0.1, -0.05) is 23.2 Å². The van der Waals surface area contributed by atoms with Crippen molar-refractivity contribution < 1.29 is 14.6 Å². The highest BCUT2D eigenvalue weighted by molar-refractivity contribution is 9.10. The molecule has 0 saturated carbocycles. The summed E-state index contributed by atoms with van der Waals surface area (Å²) in [6.45, 7) is 0. The summed E-state index contributed by atoms with van der Waals surface area (Å²) in [6.07, 6.45) is 1.37. The Kier molecular flexibility index (Phi) is 4.29. The number of carboxylic acids is 1. The van der Waals surface area contributed by atoms with Gasteiger partial charge < -0.3 is 9.84 Å². The molecule has 0 fully saturated rings. The lowest BCUT2D eigenvalue weighted by atomic mass is 10.3. The maximum Gasteiger partial charge on any atom is 0.358 e. The summed E-state index contributed by atoms with van der Waals surface area (Å²) in [5, 5.41) is 9.71. The number of benzene rings is 1. The number of carboxylic acid groups (broad SMARTS) is 1. The van der Waals surface area contributed by atoms with Crippen LogP contribution in [0, 0.1) is 0 Å². The summed E-state index contributed by atoms with van der Waals surface area (Å²) in [5.74, 6) is -0.837. The zero-order valence-corrected chi connectivity index (χ0v) is 12.3. The van der Waals surface area contributed by atoms with Crippen LogP contribution in [-0.2, 0) is 0 Å². The van der Waals surface area contributed by atoms with Gasteiger partial charge in [-0.15, -0.1) is 0 Å². The van der Waals surface area contributed by atoms with Crippen LogP contribution in [0.4, 0.5) is 0 Å². The molecular weight excluding hydrogens is 357 g/mol. The molecule has 2 rings (SSSR count). The van der Waals surface area contributed by atoms with Crippen LogP contribution in [0.1, 0.15) is 10.5 Å². The number of hydrogen-bond acceptors (Lipinski definition) is 3. The molecule has 0 bridgehead atoms. The number of aromatic nitrogens is 1. The minimum Gasteiger partial charge on any atom is -0.476 e. The van der Waals surface area contributed by atoms with Gasteiger partial charge in [-0.2, -0.15) is 0 Å². The van der Waals surface area contributed by atoms with Crippen LogP contribution < -0.4 is 4.74 Å². The average molecular weight is 363 g/mol. The van der Waals surface area contributed by atoms with Crippen molar-refractivity contribution in [3.63, 3.8) is 0 Å². The quantitative estimate of drug-likeness (QED) is 0.808. The Morgan fingerprint density at radius 3 is 2.68 bits per heavy atom. The number of rotatable bonds is 3. The molecule has 0 saturated heterocycles. The number of halogens is 3. The Bertz CT molecular complexity index is 649. The van der Waals surface area contributed by atoms with E-state index in [4.69, 9.17) is 33.0 Å². The Balaban J connectivity index is 2.42. The van der Waals surface area contributed by atoms with Gasteiger partial charge in [-0.25, -0.2) is 9.78 Å². The number of aromatic carboxylic acids is 1. The molecule has 0 aliphatic rings. The van der Waals surface area contributed by atoms with Gasteiger partial charge in [-0.3, -0.25) is 0 Å². The summed E-state index contributed by atoms with van der Waals surface area (Å²) < 4.78 is 6.08. The molecule has 7 heteroatoms. The third-order valence-corrected chi connectivity index (χ3v) is 3.66. The van der Waals surface area contributed by atoms with Crippen molar-refractivity contribution in [3.8, 4) is 11.5 Å². The Morgan fingerprint density at radius 1 is 1.26 bits per heavy atom. The number of carbonyl (C=O) groups is 1. The maximum atomic E-state index is 11.0. The Hall–Kier alpha value is -1.30. The molecule has 4 nitrogen and oxygen atoms in total. The van der Waals surface area contributed by atoms with Gasteiger partial charge in [0.1, 0.15) is 5.75 Å². The van der Waals surface area contributed by atoms with Crippen molar-refractivity contribution in [2.24, 2.45) is 0 Å². The number of pyridine rings is 1. The van der Waals surface area contributed by atoms with E-state index in [1.807, 2.05) is 0 Å². The van der Waals surface area contributed by atoms with E-state index < -0.39 is 5.97 Å². The maximum absolute atomic E-state index is 11.0.